The maximum Gasteiger partial charge on any atom is 0.319 e. The summed E-state index contributed by atoms with van der Waals surface area (Å²) in [5.74, 6) is -0.742. The number of alkyl halides is 1. The topological polar surface area (TPSA) is 66.2 Å². The molecule has 3 aliphatic heterocycles. The van der Waals surface area contributed by atoms with Crippen molar-refractivity contribution < 1.29 is 22.7 Å². The number of hydrogen-bond acceptors (Lipinski definition) is 6. The second-order valence-electron chi connectivity index (χ2n) is 13.5. The smallest absolute Gasteiger partial charge is 0.319 e. The van der Waals surface area contributed by atoms with Gasteiger partial charge in [0.25, 0.3) is 5.91 Å². The van der Waals surface area contributed by atoms with E-state index in [-0.39, 0.29) is 44.3 Å². The van der Waals surface area contributed by atoms with Crippen LogP contribution in [0.3, 0.4) is 0 Å². The fraction of sp³-hybridized carbons (Fsp3) is 0.486. The van der Waals surface area contributed by atoms with E-state index in [1.807, 2.05) is 23.1 Å². The lowest BCUT2D eigenvalue weighted by Gasteiger charge is -2.39. The van der Waals surface area contributed by atoms with Gasteiger partial charge in [-0.25, -0.2) is 19.7 Å². The number of hydrogen-bond donors (Lipinski definition) is 0. The van der Waals surface area contributed by atoms with Gasteiger partial charge in [-0.3, -0.25) is 9.69 Å². The quantitative estimate of drug-likeness (QED) is 0.256. The van der Waals surface area contributed by atoms with Crippen molar-refractivity contribution in [2.75, 3.05) is 50.8 Å². The van der Waals surface area contributed by atoms with Crippen molar-refractivity contribution in [3.8, 4) is 17.1 Å². The highest BCUT2D eigenvalue weighted by molar-refractivity contribution is 5.94. The molecule has 1 amide bonds. The Labute approximate surface area is 265 Å². The average molecular weight is 629 g/mol. The minimum atomic E-state index is -1.08. The maximum atomic E-state index is 16.8. The van der Waals surface area contributed by atoms with Crippen molar-refractivity contribution in [2.45, 2.75) is 55.8 Å². The number of anilines is 1. The lowest BCUT2D eigenvalue weighted by molar-refractivity contribution is -0.131. The molecule has 5 atom stereocenters. The minimum absolute atomic E-state index is 0.000936. The summed E-state index contributed by atoms with van der Waals surface area (Å²) in [7, 11) is 0. The summed E-state index contributed by atoms with van der Waals surface area (Å²) in [4.78, 5) is 30.8. The van der Waals surface area contributed by atoms with E-state index in [9.17, 15) is 13.6 Å². The third-order valence-electron chi connectivity index (χ3n) is 10.9. The second kappa shape index (κ2) is 11.0. The predicted molar refractivity (Wildman–Crippen MR) is 167 cm³/mol. The van der Waals surface area contributed by atoms with Crippen LogP contribution < -0.4 is 9.64 Å². The summed E-state index contributed by atoms with van der Waals surface area (Å²) >= 11 is 0. The van der Waals surface area contributed by atoms with E-state index in [0.717, 1.165) is 31.4 Å². The number of carbonyl (C=O) groups is 1. The fourth-order valence-electron chi connectivity index (χ4n) is 8.57. The molecule has 238 valence electrons. The van der Waals surface area contributed by atoms with Gasteiger partial charge in [0, 0.05) is 43.5 Å². The lowest BCUT2D eigenvalue weighted by Crippen LogP contribution is -2.56. The predicted octanol–water partition coefficient (Wildman–Crippen LogP) is 5.47. The summed E-state index contributed by atoms with van der Waals surface area (Å²) < 4.78 is 51.3. The van der Waals surface area contributed by atoms with Crippen LogP contribution >= 0.6 is 0 Å². The summed E-state index contributed by atoms with van der Waals surface area (Å²) in [5, 5.41) is 0.477. The number of halogens is 3. The highest BCUT2D eigenvalue weighted by Crippen LogP contribution is 2.58. The van der Waals surface area contributed by atoms with E-state index in [1.165, 1.54) is 22.4 Å². The van der Waals surface area contributed by atoms with Crippen LogP contribution in [0.1, 0.15) is 42.7 Å². The third-order valence-corrected chi connectivity index (χ3v) is 10.9. The van der Waals surface area contributed by atoms with Crippen molar-refractivity contribution in [3.05, 3.63) is 71.1 Å². The van der Waals surface area contributed by atoms with Gasteiger partial charge in [0.2, 0.25) is 6.54 Å². The van der Waals surface area contributed by atoms with E-state index in [0.29, 0.717) is 41.6 Å². The van der Waals surface area contributed by atoms with E-state index in [2.05, 4.69) is 27.4 Å². The SMILES string of the molecule is [C-]#[N+]C[C@H]1CN(c2nc(OC[C@@]34CCCN3C[C@H](F)C4)nc3c(F)c(-c4cccc5c4C[C@@H]4C[C@H]54)ccc23)CCN1C(=O)C(=C)F. The zero-order valence-corrected chi connectivity index (χ0v) is 25.5. The molecule has 8 rings (SSSR count). The number of fused-ring (bicyclic) bond motifs is 5. The molecule has 0 radical (unpaired) electrons. The van der Waals surface area contributed by atoms with Gasteiger partial charge in [0.1, 0.15) is 30.2 Å². The number of piperazine rings is 1. The number of amides is 1. The van der Waals surface area contributed by atoms with Gasteiger partial charge in [-0.15, -0.1) is 0 Å². The molecule has 4 fully saturated rings. The van der Waals surface area contributed by atoms with E-state index < -0.39 is 35.3 Å². The van der Waals surface area contributed by atoms with Gasteiger partial charge in [-0.1, -0.05) is 30.8 Å². The zero-order valence-electron chi connectivity index (χ0n) is 25.5. The largest absolute Gasteiger partial charge is 0.461 e. The molecule has 1 saturated carbocycles. The standard InChI is InChI=1S/C35H35F3N6O2/c1-20(36)33(45)44-12-11-42(18-23(44)16-39-2)32-27-8-7-26(24-5-3-6-25-28-13-21(28)14-29(24)25)30(38)31(27)40-34(41-32)46-19-35-9-4-10-43(35)17-22(37)15-35/h3,5-8,21-23,28H,1,4,9-19H2/t21-,22+,23-,28-,35-/m0/s1. The number of nitrogens with zero attached hydrogens (tertiary/aromatic N) is 6. The van der Waals surface area contributed by atoms with Crippen LogP contribution in [0.5, 0.6) is 6.01 Å². The summed E-state index contributed by atoms with van der Waals surface area (Å²) in [5.41, 5.74) is 3.54. The molecular formula is C35H35F3N6O2. The Morgan fingerprint density at radius 3 is 2.85 bits per heavy atom. The van der Waals surface area contributed by atoms with Gasteiger partial charge in [0.15, 0.2) is 11.6 Å². The normalized spacial score (nSPS) is 28.1. The Morgan fingerprint density at radius 2 is 2.02 bits per heavy atom. The average Bonchev–Trinajstić information content (AvgIpc) is 3.39. The van der Waals surface area contributed by atoms with Gasteiger partial charge >= 0.3 is 6.01 Å². The van der Waals surface area contributed by atoms with Crippen molar-refractivity contribution in [1.29, 1.82) is 0 Å². The van der Waals surface area contributed by atoms with E-state index in [1.54, 1.807) is 6.07 Å². The number of rotatable bonds is 7. The fourth-order valence-corrected chi connectivity index (χ4v) is 8.57. The van der Waals surface area contributed by atoms with Gasteiger partial charge in [-0.2, -0.15) is 9.97 Å². The lowest BCUT2D eigenvalue weighted by atomic mass is 9.93. The van der Waals surface area contributed by atoms with Crippen molar-refractivity contribution in [3.63, 3.8) is 0 Å². The minimum Gasteiger partial charge on any atom is -0.461 e. The molecule has 0 N–H and O–H groups in total. The molecule has 11 heteroatoms. The Balaban J connectivity index is 1.19. The zero-order chi connectivity index (χ0) is 31.7. The van der Waals surface area contributed by atoms with Crippen LogP contribution in [-0.4, -0.2) is 89.3 Å². The molecule has 3 saturated heterocycles. The number of ether oxygens (including phenoxy) is 1. The molecule has 0 spiro atoms. The van der Waals surface area contributed by atoms with Crippen LogP contribution in [-0.2, 0) is 11.2 Å². The number of aromatic nitrogens is 2. The Kier molecular flexibility index (Phi) is 6.98. The van der Waals surface area contributed by atoms with E-state index >= 15 is 4.39 Å². The Hall–Kier alpha value is -4.17. The van der Waals surface area contributed by atoms with Crippen molar-refractivity contribution >= 4 is 22.6 Å². The Bertz CT molecular complexity index is 1810. The van der Waals surface area contributed by atoms with Crippen LogP contribution in [0.4, 0.5) is 19.0 Å². The second-order valence-corrected chi connectivity index (χ2v) is 13.5. The summed E-state index contributed by atoms with van der Waals surface area (Å²) in [6, 6.07) is 9.11. The Morgan fingerprint density at radius 1 is 1.15 bits per heavy atom. The third kappa shape index (κ3) is 4.72. The molecule has 3 aromatic rings. The highest BCUT2D eigenvalue weighted by Gasteiger charge is 2.50. The molecule has 4 heterocycles. The molecule has 2 aromatic carbocycles. The molecule has 8 nitrogen and oxygen atoms in total. The number of carbonyl (C=O) groups excluding carboxylic acids is 1. The first-order valence-electron chi connectivity index (χ1n) is 16.1. The molecule has 0 unspecified atom stereocenters. The van der Waals surface area contributed by atoms with Gasteiger partial charge in [0.05, 0.1) is 5.54 Å². The molecule has 2 aliphatic carbocycles. The molecule has 5 aliphatic rings. The molecule has 46 heavy (non-hydrogen) atoms. The highest BCUT2D eigenvalue weighted by atomic mass is 19.1. The summed E-state index contributed by atoms with van der Waals surface area (Å²) in [6.45, 7) is 12.5. The van der Waals surface area contributed by atoms with Crippen LogP contribution in [0, 0.1) is 18.3 Å². The molecule has 1 aromatic heterocycles. The summed E-state index contributed by atoms with van der Waals surface area (Å²) in [6.07, 6.45) is 3.36. The van der Waals surface area contributed by atoms with Crippen molar-refractivity contribution in [1.82, 2.24) is 19.8 Å². The van der Waals surface area contributed by atoms with Crippen LogP contribution in [0.2, 0.25) is 0 Å². The van der Waals surface area contributed by atoms with Crippen molar-refractivity contribution in [2.24, 2.45) is 5.92 Å². The van der Waals surface area contributed by atoms with Crippen LogP contribution in [0.15, 0.2) is 42.7 Å². The number of benzene rings is 2. The molecular weight excluding hydrogens is 593 g/mol. The maximum absolute atomic E-state index is 16.8. The van der Waals surface area contributed by atoms with Crippen LogP contribution in [0.25, 0.3) is 26.9 Å². The van der Waals surface area contributed by atoms with Gasteiger partial charge < -0.3 is 19.4 Å². The monoisotopic (exact) mass is 628 g/mol. The van der Waals surface area contributed by atoms with Gasteiger partial charge in [-0.05, 0) is 66.8 Å². The molecule has 0 bridgehead atoms. The first kappa shape index (κ1) is 29.2. The first-order valence-corrected chi connectivity index (χ1v) is 16.1. The van der Waals surface area contributed by atoms with E-state index in [4.69, 9.17) is 16.3 Å². The first-order chi connectivity index (χ1) is 22.3.